The molecular weight excluding hydrogens is 388 g/mol. The van der Waals surface area contributed by atoms with Crippen molar-refractivity contribution in [1.29, 1.82) is 0 Å². The number of nitrogens with one attached hydrogen (secondary N) is 1. The van der Waals surface area contributed by atoms with Crippen molar-refractivity contribution in [3.63, 3.8) is 0 Å². The molecule has 2 aromatic carbocycles. The molecule has 0 radical (unpaired) electrons. The molecule has 0 heterocycles. The van der Waals surface area contributed by atoms with Gasteiger partial charge in [0.15, 0.2) is 6.61 Å². The second-order valence-corrected chi connectivity index (χ2v) is 8.52. The van der Waals surface area contributed by atoms with Crippen molar-refractivity contribution >= 4 is 11.8 Å². The zero-order chi connectivity index (χ0) is 23.0. The number of aryl methyl sites for hydroxylation is 1. The first-order valence-corrected chi connectivity index (χ1v) is 11.1. The Hall–Kier alpha value is -2.82. The van der Waals surface area contributed by atoms with Crippen LogP contribution in [0.4, 0.5) is 0 Å². The maximum atomic E-state index is 13.1. The summed E-state index contributed by atoms with van der Waals surface area (Å²) in [5.41, 5.74) is 3.32. The van der Waals surface area contributed by atoms with E-state index >= 15 is 0 Å². The molecule has 0 saturated heterocycles. The van der Waals surface area contributed by atoms with Crippen LogP contribution < -0.4 is 10.1 Å². The number of ether oxygens (including phenoxy) is 1. The summed E-state index contributed by atoms with van der Waals surface area (Å²) in [6.45, 7) is 12.3. The van der Waals surface area contributed by atoms with Crippen LogP contribution in [0.1, 0.15) is 63.6 Å². The fraction of sp³-hybridized carbons (Fsp3) is 0.462. The average molecular weight is 425 g/mol. The highest BCUT2D eigenvalue weighted by Gasteiger charge is 2.27. The highest BCUT2D eigenvalue weighted by atomic mass is 16.5. The van der Waals surface area contributed by atoms with Crippen LogP contribution in [0.5, 0.6) is 5.75 Å². The molecule has 0 aliphatic heterocycles. The van der Waals surface area contributed by atoms with Crippen LogP contribution in [-0.4, -0.2) is 35.4 Å². The standard InChI is InChI=1S/C26H36N2O3/c1-7-20(5)27-26(30)21(6)28(16-22-10-8-9-19(4)15-22)25(29)17-31-24-13-11-23(12-14-24)18(2)3/h8-15,18,20-21H,7,16-17H2,1-6H3,(H,27,30)/t20-,21-/m1/s1. The largest absolute Gasteiger partial charge is 0.484 e. The highest BCUT2D eigenvalue weighted by molar-refractivity contribution is 5.88. The van der Waals surface area contributed by atoms with Crippen molar-refractivity contribution in [2.45, 2.75) is 72.5 Å². The molecule has 0 fully saturated rings. The van der Waals surface area contributed by atoms with Gasteiger partial charge in [-0.15, -0.1) is 0 Å². The molecule has 2 amide bonds. The van der Waals surface area contributed by atoms with Gasteiger partial charge < -0.3 is 15.0 Å². The third kappa shape index (κ3) is 7.42. The first-order chi connectivity index (χ1) is 14.7. The molecule has 2 atom stereocenters. The molecule has 0 saturated carbocycles. The van der Waals surface area contributed by atoms with E-state index in [1.165, 1.54) is 5.56 Å². The molecule has 1 N–H and O–H groups in total. The Morgan fingerprint density at radius 1 is 1.03 bits per heavy atom. The van der Waals surface area contributed by atoms with Gasteiger partial charge in [0.1, 0.15) is 11.8 Å². The molecule has 0 aromatic heterocycles. The Labute approximate surface area is 186 Å². The molecule has 5 nitrogen and oxygen atoms in total. The monoisotopic (exact) mass is 424 g/mol. The first-order valence-electron chi connectivity index (χ1n) is 11.1. The fourth-order valence-electron chi connectivity index (χ4n) is 3.23. The van der Waals surface area contributed by atoms with Crippen LogP contribution in [0.2, 0.25) is 0 Å². The lowest BCUT2D eigenvalue weighted by atomic mass is 10.0. The molecule has 0 unspecified atom stereocenters. The van der Waals surface area contributed by atoms with Crippen LogP contribution in [0.25, 0.3) is 0 Å². The predicted molar refractivity (Wildman–Crippen MR) is 125 cm³/mol. The average Bonchev–Trinajstić information content (AvgIpc) is 2.75. The van der Waals surface area contributed by atoms with Gasteiger partial charge in [-0.25, -0.2) is 0 Å². The lowest BCUT2D eigenvalue weighted by molar-refractivity contribution is -0.142. The number of hydrogen-bond donors (Lipinski definition) is 1. The van der Waals surface area contributed by atoms with E-state index in [9.17, 15) is 9.59 Å². The number of carbonyl (C=O) groups is 2. The van der Waals surface area contributed by atoms with Crippen LogP contribution in [0.15, 0.2) is 48.5 Å². The lowest BCUT2D eigenvalue weighted by Crippen LogP contribution is -2.50. The Morgan fingerprint density at radius 2 is 1.71 bits per heavy atom. The van der Waals surface area contributed by atoms with Crippen LogP contribution >= 0.6 is 0 Å². The normalized spacial score (nSPS) is 12.9. The van der Waals surface area contributed by atoms with Gasteiger partial charge in [0.05, 0.1) is 0 Å². The summed E-state index contributed by atoms with van der Waals surface area (Å²) in [7, 11) is 0. The van der Waals surface area contributed by atoms with Crippen molar-refractivity contribution in [2.24, 2.45) is 0 Å². The lowest BCUT2D eigenvalue weighted by Gasteiger charge is -2.29. The number of hydrogen-bond acceptors (Lipinski definition) is 3. The van der Waals surface area contributed by atoms with E-state index in [2.05, 4.69) is 19.2 Å². The van der Waals surface area contributed by atoms with E-state index in [0.29, 0.717) is 18.2 Å². The minimum atomic E-state index is -0.603. The van der Waals surface area contributed by atoms with Gasteiger partial charge in [0.25, 0.3) is 5.91 Å². The number of rotatable bonds is 10. The van der Waals surface area contributed by atoms with Gasteiger partial charge >= 0.3 is 0 Å². The molecule has 31 heavy (non-hydrogen) atoms. The second kappa shape index (κ2) is 11.5. The van der Waals surface area contributed by atoms with Gasteiger partial charge in [-0.1, -0.05) is 62.7 Å². The molecule has 0 aliphatic carbocycles. The SMILES string of the molecule is CC[C@@H](C)NC(=O)[C@@H](C)N(Cc1cccc(C)c1)C(=O)COc1ccc(C(C)C)cc1. The number of carbonyl (C=O) groups excluding carboxylic acids is 2. The highest BCUT2D eigenvalue weighted by Crippen LogP contribution is 2.19. The second-order valence-electron chi connectivity index (χ2n) is 8.52. The van der Waals surface area contributed by atoms with Crippen LogP contribution in [0.3, 0.4) is 0 Å². The summed E-state index contributed by atoms with van der Waals surface area (Å²) in [5, 5.41) is 2.98. The molecular formula is C26H36N2O3. The van der Waals surface area contributed by atoms with Gasteiger partial charge in [0, 0.05) is 12.6 Å². The van der Waals surface area contributed by atoms with E-state index in [1.807, 2.05) is 69.3 Å². The van der Waals surface area contributed by atoms with Gasteiger partial charge in [-0.05, 0) is 56.4 Å². The quantitative estimate of drug-likeness (QED) is 0.594. The van der Waals surface area contributed by atoms with E-state index in [0.717, 1.165) is 17.5 Å². The van der Waals surface area contributed by atoms with E-state index in [-0.39, 0.29) is 24.5 Å². The van der Waals surface area contributed by atoms with Crippen LogP contribution in [0, 0.1) is 6.92 Å². The summed E-state index contributed by atoms with van der Waals surface area (Å²) in [6.07, 6.45) is 0.833. The molecule has 0 aliphatic rings. The first kappa shape index (κ1) is 24.4. The van der Waals surface area contributed by atoms with Gasteiger partial charge in [0.2, 0.25) is 5.91 Å². The third-order valence-electron chi connectivity index (χ3n) is 5.51. The Balaban J connectivity index is 2.13. The smallest absolute Gasteiger partial charge is 0.261 e. The molecule has 0 spiro atoms. The van der Waals surface area contributed by atoms with Crippen molar-refractivity contribution in [3.8, 4) is 5.75 Å². The number of nitrogens with zero attached hydrogens (tertiary/aromatic N) is 1. The predicted octanol–water partition coefficient (Wildman–Crippen LogP) is 4.83. The van der Waals surface area contributed by atoms with Crippen molar-refractivity contribution in [2.75, 3.05) is 6.61 Å². The zero-order valence-electron chi connectivity index (χ0n) is 19.6. The van der Waals surface area contributed by atoms with Crippen LogP contribution in [-0.2, 0) is 16.1 Å². The van der Waals surface area contributed by atoms with Gasteiger partial charge in [-0.2, -0.15) is 0 Å². The summed E-state index contributed by atoms with van der Waals surface area (Å²) in [4.78, 5) is 27.4. The minimum Gasteiger partial charge on any atom is -0.484 e. The Morgan fingerprint density at radius 3 is 2.29 bits per heavy atom. The maximum absolute atomic E-state index is 13.1. The minimum absolute atomic E-state index is 0.0570. The van der Waals surface area contributed by atoms with E-state index in [1.54, 1.807) is 11.8 Å². The number of amides is 2. The molecule has 2 rings (SSSR count). The molecule has 168 valence electrons. The Kier molecular flexibility index (Phi) is 9.10. The molecule has 2 aromatic rings. The third-order valence-corrected chi connectivity index (χ3v) is 5.51. The summed E-state index contributed by atoms with van der Waals surface area (Å²) < 4.78 is 5.75. The summed E-state index contributed by atoms with van der Waals surface area (Å²) >= 11 is 0. The van der Waals surface area contributed by atoms with E-state index in [4.69, 9.17) is 4.74 Å². The topological polar surface area (TPSA) is 58.6 Å². The summed E-state index contributed by atoms with van der Waals surface area (Å²) in [5.74, 6) is 0.702. The van der Waals surface area contributed by atoms with Crippen molar-refractivity contribution in [3.05, 3.63) is 65.2 Å². The van der Waals surface area contributed by atoms with Crippen molar-refractivity contribution < 1.29 is 14.3 Å². The Bertz CT molecular complexity index is 861. The van der Waals surface area contributed by atoms with Crippen molar-refractivity contribution in [1.82, 2.24) is 10.2 Å². The zero-order valence-corrected chi connectivity index (χ0v) is 19.6. The molecule has 5 heteroatoms. The summed E-state index contributed by atoms with van der Waals surface area (Å²) in [6, 6.07) is 15.2. The van der Waals surface area contributed by atoms with E-state index < -0.39 is 6.04 Å². The molecule has 0 bridgehead atoms. The number of benzene rings is 2. The van der Waals surface area contributed by atoms with Gasteiger partial charge in [-0.3, -0.25) is 9.59 Å². The fourth-order valence-corrected chi connectivity index (χ4v) is 3.23. The maximum Gasteiger partial charge on any atom is 0.261 e.